The molecule has 0 heterocycles. The summed E-state index contributed by atoms with van der Waals surface area (Å²) in [6.07, 6.45) is 8.21. The van der Waals surface area contributed by atoms with Crippen LogP contribution in [0.4, 0.5) is 0 Å². The minimum atomic E-state index is -0.101. The third kappa shape index (κ3) is 1.53. The van der Waals surface area contributed by atoms with Crippen LogP contribution in [0.25, 0.3) is 0 Å². The lowest BCUT2D eigenvalue weighted by Crippen LogP contribution is -2.53. The lowest BCUT2D eigenvalue weighted by molar-refractivity contribution is -0.118. The molecule has 0 aliphatic heterocycles. The molecule has 0 saturated heterocycles. The van der Waals surface area contributed by atoms with Gasteiger partial charge in [0.05, 0.1) is 6.10 Å². The molecule has 2 N–H and O–H groups in total. The van der Waals surface area contributed by atoms with Crippen molar-refractivity contribution >= 4 is 0 Å². The molecule has 1 unspecified atom stereocenters. The lowest BCUT2D eigenvalue weighted by atomic mass is 9.48. The highest BCUT2D eigenvalue weighted by Gasteiger charge is 2.53. The Labute approximate surface area is 92.4 Å². The summed E-state index contributed by atoms with van der Waals surface area (Å²) >= 11 is 0. The molecule has 15 heavy (non-hydrogen) atoms. The fraction of sp³-hybridized carbons (Fsp3) is 1.00. The van der Waals surface area contributed by atoms with Crippen molar-refractivity contribution in [1.29, 1.82) is 0 Å². The van der Waals surface area contributed by atoms with Gasteiger partial charge >= 0.3 is 0 Å². The largest absolute Gasteiger partial charge is 0.391 e. The van der Waals surface area contributed by atoms with Gasteiger partial charge in [-0.15, -0.1) is 0 Å². The van der Waals surface area contributed by atoms with Gasteiger partial charge in [-0.25, -0.2) is 0 Å². The number of hydrogen-bond acceptors (Lipinski definition) is 2. The standard InChI is InChI=1S/C13H23NO/c1-14-8-12(15)13-5-9-2-10(6-13)4-11(3-9)7-13/h9-12,14-15H,2-8H2,1H3. The van der Waals surface area contributed by atoms with E-state index in [1.54, 1.807) is 0 Å². The summed E-state index contributed by atoms with van der Waals surface area (Å²) in [5.74, 6) is 2.84. The topological polar surface area (TPSA) is 32.3 Å². The Balaban J connectivity index is 1.80. The fourth-order valence-electron chi connectivity index (χ4n) is 5.00. The highest BCUT2D eigenvalue weighted by atomic mass is 16.3. The molecular weight excluding hydrogens is 186 g/mol. The Morgan fingerprint density at radius 1 is 1.13 bits per heavy atom. The highest BCUT2D eigenvalue weighted by Crippen LogP contribution is 2.61. The van der Waals surface area contributed by atoms with E-state index in [0.717, 1.165) is 24.3 Å². The van der Waals surface area contributed by atoms with Crippen molar-refractivity contribution in [1.82, 2.24) is 5.32 Å². The van der Waals surface area contributed by atoms with Crippen LogP contribution in [0.1, 0.15) is 38.5 Å². The van der Waals surface area contributed by atoms with Crippen LogP contribution in [0.5, 0.6) is 0 Å². The van der Waals surface area contributed by atoms with E-state index in [1.807, 2.05) is 7.05 Å². The van der Waals surface area contributed by atoms with Gasteiger partial charge < -0.3 is 10.4 Å². The Kier molecular flexibility index (Phi) is 2.33. The SMILES string of the molecule is CNCC(O)C12CC3CC(CC(C3)C1)C2. The first-order valence-electron chi connectivity index (χ1n) is 6.54. The summed E-state index contributed by atoms with van der Waals surface area (Å²) in [5.41, 5.74) is 0.303. The highest BCUT2D eigenvalue weighted by molar-refractivity contribution is 5.04. The van der Waals surface area contributed by atoms with Crippen molar-refractivity contribution in [2.75, 3.05) is 13.6 Å². The Hall–Kier alpha value is -0.0800. The van der Waals surface area contributed by atoms with Gasteiger partial charge in [-0.1, -0.05) is 0 Å². The second-order valence-electron chi connectivity index (χ2n) is 6.35. The molecule has 4 fully saturated rings. The van der Waals surface area contributed by atoms with E-state index in [2.05, 4.69) is 5.32 Å². The molecule has 4 aliphatic carbocycles. The quantitative estimate of drug-likeness (QED) is 0.742. The maximum absolute atomic E-state index is 10.4. The molecule has 0 spiro atoms. The molecule has 0 aromatic rings. The summed E-state index contributed by atoms with van der Waals surface area (Å²) in [4.78, 5) is 0. The van der Waals surface area contributed by atoms with E-state index >= 15 is 0 Å². The number of aliphatic hydroxyl groups excluding tert-OH is 1. The van der Waals surface area contributed by atoms with E-state index in [4.69, 9.17) is 0 Å². The summed E-state index contributed by atoms with van der Waals surface area (Å²) in [5, 5.41) is 13.5. The maximum atomic E-state index is 10.4. The lowest BCUT2D eigenvalue weighted by Gasteiger charge is -2.58. The van der Waals surface area contributed by atoms with Crippen LogP contribution in [-0.2, 0) is 0 Å². The molecule has 86 valence electrons. The Morgan fingerprint density at radius 2 is 1.60 bits per heavy atom. The third-order valence-corrected chi connectivity index (χ3v) is 5.19. The predicted molar refractivity (Wildman–Crippen MR) is 60.5 cm³/mol. The van der Waals surface area contributed by atoms with Crippen molar-refractivity contribution < 1.29 is 5.11 Å². The van der Waals surface area contributed by atoms with Gasteiger partial charge in [0.2, 0.25) is 0 Å². The third-order valence-electron chi connectivity index (χ3n) is 5.19. The van der Waals surface area contributed by atoms with Crippen molar-refractivity contribution in [2.24, 2.45) is 23.2 Å². The maximum Gasteiger partial charge on any atom is 0.0720 e. The van der Waals surface area contributed by atoms with Crippen LogP contribution in [-0.4, -0.2) is 24.8 Å². The molecule has 2 heteroatoms. The number of rotatable bonds is 3. The van der Waals surface area contributed by atoms with Crippen LogP contribution in [0, 0.1) is 23.2 Å². The zero-order valence-corrected chi connectivity index (χ0v) is 9.71. The molecule has 0 aromatic carbocycles. The first-order valence-corrected chi connectivity index (χ1v) is 6.54. The number of likely N-dealkylation sites (N-methyl/N-ethyl adjacent to an activating group) is 1. The first-order chi connectivity index (χ1) is 7.22. The van der Waals surface area contributed by atoms with Gasteiger partial charge in [-0.3, -0.25) is 0 Å². The summed E-state index contributed by atoms with van der Waals surface area (Å²) < 4.78 is 0. The van der Waals surface area contributed by atoms with Crippen molar-refractivity contribution in [3.8, 4) is 0 Å². The van der Waals surface area contributed by atoms with Crippen LogP contribution < -0.4 is 5.32 Å². The smallest absolute Gasteiger partial charge is 0.0720 e. The monoisotopic (exact) mass is 209 g/mol. The zero-order valence-electron chi connectivity index (χ0n) is 9.71. The van der Waals surface area contributed by atoms with Crippen LogP contribution in [0.3, 0.4) is 0 Å². The van der Waals surface area contributed by atoms with Gasteiger partial charge in [-0.05, 0) is 68.7 Å². The molecule has 0 amide bonds. The van der Waals surface area contributed by atoms with Gasteiger partial charge in [-0.2, -0.15) is 0 Å². The molecule has 1 atom stereocenters. The molecule has 2 nitrogen and oxygen atoms in total. The van der Waals surface area contributed by atoms with Gasteiger partial charge in [0.15, 0.2) is 0 Å². The van der Waals surface area contributed by atoms with E-state index in [-0.39, 0.29) is 6.10 Å². The summed E-state index contributed by atoms with van der Waals surface area (Å²) in [7, 11) is 1.95. The van der Waals surface area contributed by atoms with Crippen molar-refractivity contribution in [3.05, 3.63) is 0 Å². The minimum absolute atomic E-state index is 0.101. The van der Waals surface area contributed by atoms with E-state index in [9.17, 15) is 5.11 Å². The Morgan fingerprint density at radius 3 is 2.00 bits per heavy atom. The predicted octanol–water partition coefficient (Wildman–Crippen LogP) is 1.78. The van der Waals surface area contributed by atoms with E-state index in [0.29, 0.717) is 5.41 Å². The number of aliphatic hydroxyl groups is 1. The van der Waals surface area contributed by atoms with Crippen LogP contribution in [0.2, 0.25) is 0 Å². The molecule has 0 radical (unpaired) electrons. The zero-order chi connectivity index (χ0) is 10.5. The number of hydrogen-bond donors (Lipinski definition) is 2. The average Bonchev–Trinajstić information content (AvgIpc) is 2.15. The van der Waals surface area contributed by atoms with Crippen LogP contribution in [0.15, 0.2) is 0 Å². The van der Waals surface area contributed by atoms with E-state index < -0.39 is 0 Å². The van der Waals surface area contributed by atoms with Gasteiger partial charge in [0.1, 0.15) is 0 Å². The molecule has 4 rings (SSSR count). The van der Waals surface area contributed by atoms with Gasteiger partial charge in [0, 0.05) is 6.54 Å². The van der Waals surface area contributed by atoms with Crippen molar-refractivity contribution in [3.63, 3.8) is 0 Å². The number of nitrogens with one attached hydrogen (secondary N) is 1. The molecule has 4 aliphatic rings. The van der Waals surface area contributed by atoms with Crippen LogP contribution >= 0.6 is 0 Å². The van der Waals surface area contributed by atoms with Crippen molar-refractivity contribution in [2.45, 2.75) is 44.6 Å². The fourth-order valence-corrected chi connectivity index (χ4v) is 5.00. The molecule has 0 aromatic heterocycles. The first kappa shape index (κ1) is 10.1. The second-order valence-corrected chi connectivity index (χ2v) is 6.35. The second kappa shape index (κ2) is 3.46. The minimum Gasteiger partial charge on any atom is -0.391 e. The Bertz CT molecular complexity index is 216. The summed E-state index contributed by atoms with van der Waals surface area (Å²) in [6, 6.07) is 0. The summed E-state index contributed by atoms with van der Waals surface area (Å²) in [6.45, 7) is 0.784. The molecular formula is C13H23NO. The normalized spacial score (nSPS) is 49.6. The average molecular weight is 209 g/mol. The molecule has 4 saturated carbocycles. The van der Waals surface area contributed by atoms with E-state index in [1.165, 1.54) is 38.5 Å². The molecule has 4 bridgehead atoms. The van der Waals surface area contributed by atoms with Gasteiger partial charge in [0.25, 0.3) is 0 Å².